The Morgan fingerprint density at radius 1 is 1.27 bits per heavy atom. The summed E-state index contributed by atoms with van der Waals surface area (Å²) in [5.74, 6) is 0. The highest BCUT2D eigenvalue weighted by atomic mass is 79.9. The van der Waals surface area contributed by atoms with Crippen LogP contribution in [0.1, 0.15) is 19.0 Å². The summed E-state index contributed by atoms with van der Waals surface area (Å²) in [5, 5.41) is 8.03. The molecule has 0 N–H and O–H groups in total. The van der Waals surface area contributed by atoms with Crippen LogP contribution >= 0.6 is 15.9 Å². The van der Waals surface area contributed by atoms with Crippen molar-refractivity contribution in [3.63, 3.8) is 0 Å². The summed E-state index contributed by atoms with van der Waals surface area (Å²) in [6.07, 6.45) is 3.93. The molecule has 0 unspecified atom stereocenters. The smallest absolute Gasteiger partial charge is 0.0729 e. The molecule has 0 aliphatic rings. The van der Waals surface area contributed by atoms with Crippen molar-refractivity contribution in [1.29, 1.82) is 0 Å². The quantitative estimate of drug-likeness (QED) is 0.855. The Balaban J connectivity index is 2.36. The highest BCUT2D eigenvalue weighted by molar-refractivity contribution is 9.10. The third-order valence-electron chi connectivity index (χ3n) is 2.20. The van der Waals surface area contributed by atoms with Crippen LogP contribution in [0.25, 0.3) is 5.69 Å². The first-order chi connectivity index (χ1) is 7.31. The normalized spacial score (nSPS) is 10.5. The van der Waals surface area contributed by atoms with Gasteiger partial charge in [0.1, 0.15) is 0 Å². The number of halogens is 1. The topological polar surface area (TPSA) is 30.7 Å². The Labute approximate surface area is 97.2 Å². The first-order valence-electron chi connectivity index (χ1n) is 4.97. The molecule has 0 fully saturated rings. The Morgan fingerprint density at radius 3 is 2.67 bits per heavy atom. The van der Waals surface area contributed by atoms with Crippen LogP contribution in [0.5, 0.6) is 0 Å². The lowest BCUT2D eigenvalue weighted by Crippen LogP contribution is -2.01. The highest BCUT2D eigenvalue weighted by Crippen LogP contribution is 2.15. The Kier molecular flexibility index (Phi) is 3.16. The fraction of sp³-hybridized carbons (Fsp3) is 0.273. The Bertz CT molecular complexity index is 433. The van der Waals surface area contributed by atoms with Crippen molar-refractivity contribution in [1.82, 2.24) is 15.0 Å². The van der Waals surface area contributed by atoms with E-state index in [1.54, 1.807) is 0 Å². The van der Waals surface area contributed by atoms with Gasteiger partial charge in [-0.05, 0) is 30.7 Å². The van der Waals surface area contributed by atoms with Gasteiger partial charge in [0.25, 0.3) is 0 Å². The predicted octanol–water partition coefficient (Wildman–Crippen LogP) is 2.98. The van der Waals surface area contributed by atoms with Gasteiger partial charge in [-0.25, -0.2) is 4.68 Å². The number of hydrogen-bond donors (Lipinski definition) is 0. The minimum absolute atomic E-state index is 1.00. The van der Waals surface area contributed by atoms with Crippen LogP contribution in [-0.2, 0) is 6.42 Å². The van der Waals surface area contributed by atoms with E-state index in [0.29, 0.717) is 0 Å². The Morgan fingerprint density at radius 2 is 2.00 bits per heavy atom. The highest BCUT2D eigenvalue weighted by Gasteiger charge is 2.04. The maximum absolute atomic E-state index is 4.09. The molecule has 1 aromatic carbocycles. The first kappa shape index (κ1) is 10.4. The number of rotatable bonds is 3. The molecular weight excluding hydrogens is 254 g/mol. The van der Waals surface area contributed by atoms with Crippen molar-refractivity contribution in [2.45, 2.75) is 19.8 Å². The zero-order valence-corrected chi connectivity index (χ0v) is 10.1. The molecule has 3 nitrogen and oxygen atoms in total. The second kappa shape index (κ2) is 4.57. The lowest BCUT2D eigenvalue weighted by Gasteiger charge is -2.04. The van der Waals surface area contributed by atoms with Gasteiger partial charge < -0.3 is 0 Å². The van der Waals surface area contributed by atoms with E-state index in [9.17, 15) is 0 Å². The number of benzene rings is 1. The fourth-order valence-electron chi connectivity index (χ4n) is 1.48. The van der Waals surface area contributed by atoms with E-state index in [1.807, 2.05) is 35.1 Å². The lowest BCUT2D eigenvalue weighted by molar-refractivity contribution is 0.745. The number of aromatic nitrogens is 3. The van der Waals surface area contributed by atoms with Gasteiger partial charge in [-0.3, -0.25) is 0 Å². The van der Waals surface area contributed by atoms with Gasteiger partial charge in [-0.1, -0.05) is 34.5 Å². The van der Waals surface area contributed by atoms with Crippen molar-refractivity contribution in [3.8, 4) is 5.69 Å². The average Bonchev–Trinajstić information content (AvgIpc) is 2.68. The molecule has 0 aliphatic heterocycles. The van der Waals surface area contributed by atoms with Gasteiger partial charge in [0.15, 0.2) is 0 Å². The predicted molar refractivity (Wildman–Crippen MR) is 63.1 cm³/mol. The molecule has 0 bridgehead atoms. The maximum atomic E-state index is 4.09. The van der Waals surface area contributed by atoms with Crippen molar-refractivity contribution < 1.29 is 0 Å². The van der Waals surface area contributed by atoms with E-state index in [4.69, 9.17) is 0 Å². The molecule has 0 saturated heterocycles. The summed E-state index contributed by atoms with van der Waals surface area (Å²) in [5.41, 5.74) is 2.21. The minimum atomic E-state index is 1.00. The van der Waals surface area contributed by atoms with Gasteiger partial charge in [-0.2, -0.15) is 0 Å². The minimum Gasteiger partial charge on any atom is -0.218 e. The molecule has 78 valence electrons. The Hall–Kier alpha value is -1.16. The summed E-state index contributed by atoms with van der Waals surface area (Å²) in [4.78, 5) is 0. The van der Waals surface area contributed by atoms with E-state index < -0.39 is 0 Å². The zero-order valence-electron chi connectivity index (χ0n) is 8.52. The second-order valence-corrected chi connectivity index (χ2v) is 4.28. The molecule has 1 aromatic heterocycles. The third kappa shape index (κ3) is 2.26. The first-order valence-corrected chi connectivity index (χ1v) is 5.76. The SMILES string of the molecule is CCCc1cnnn1-c1ccc(Br)cc1. The van der Waals surface area contributed by atoms with Crippen LogP contribution < -0.4 is 0 Å². The molecule has 0 atom stereocenters. The monoisotopic (exact) mass is 265 g/mol. The van der Waals surface area contributed by atoms with E-state index >= 15 is 0 Å². The van der Waals surface area contributed by atoms with Crippen molar-refractivity contribution >= 4 is 15.9 Å². The van der Waals surface area contributed by atoms with Gasteiger partial charge in [0, 0.05) is 4.47 Å². The summed E-state index contributed by atoms with van der Waals surface area (Å²) in [6.45, 7) is 2.15. The molecule has 1 heterocycles. The molecule has 0 spiro atoms. The fourth-order valence-corrected chi connectivity index (χ4v) is 1.75. The van der Waals surface area contributed by atoms with Crippen molar-refractivity contribution in [2.75, 3.05) is 0 Å². The van der Waals surface area contributed by atoms with E-state index in [1.165, 1.54) is 0 Å². The number of hydrogen-bond acceptors (Lipinski definition) is 2. The van der Waals surface area contributed by atoms with Gasteiger partial charge in [0.05, 0.1) is 17.6 Å². The summed E-state index contributed by atoms with van der Waals surface area (Å²) in [6, 6.07) is 8.06. The van der Waals surface area contributed by atoms with Crippen LogP contribution in [0.4, 0.5) is 0 Å². The molecule has 0 amide bonds. The molecule has 0 saturated carbocycles. The van der Waals surface area contributed by atoms with E-state index in [2.05, 4.69) is 33.2 Å². The largest absolute Gasteiger partial charge is 0.218 e. The van der Waals surface area contributed by atoms with Crippen LogP contribution in [0.2, 0.25) is 0 Å². The van der Waals surface area contributed by atoms with Crippen LogP contribution in [-0.4, -0.2) is 15.0 Å². The molecular formula is C11H12BrN3. The summed E-state index contributed by atoms with van der Waals surface area (Å²) >= 11 is 3.41. The molecule has 4 heteroatoms. The number of aryl methyl sites for hydroxylation is 1. The van der Waals surface area contributed by atoms with Gasteiger partial charge >= 0.3 is 0 Å². The van der Waals surface area contributed by atoms with Crippen molar-refractivity contribution in [3.05, 3.63) is 40.6 Å². The van der Waals surface area contributed by atoms with Crippen LogP contribution in [0.3, 0.4) is 0 Å². The standard InChI is InChI=1S/C11H12BrN3/c1-2-3-11-8-13-14-15(11)10-6-4-9(12)5-7-10/h4-8H,2-3H2,1H3. The molecule has 0 radical (unpaired) electrons. The van der Waals surface area contributed by atoms with Gasteiger partial charge in [-0.15, -0.1) is 5.10 Å². The van der Waals surface area contributed by atoms with E-state index in [0.717, 1.165) is 28.7 Å². The summed E-state index contributed by atoms with van der Waals surface area (Å²) in [7, 11) is 0. The number of nitrogens with zero attached hydrogens (tertiary/aromatic N) is 3. The van der Waals surface area contributed by atoms with Gasteiger partial charge in [0.2, 0.25) is 0 Å². The maximum Gasteiger partial charge on any atom is 0.0729 e. The molecule has 15 heavy (non-hydrogen) atoms. The second-order valence-electron chi connectivity index (χ2n) is 3.36. The van der Waals surface area contributed by atoms with Crippen LogP contribution in [0.15, 0.2) is 34.9 Å². The van der Waals surface area contributed by atoms with E-state index in [-0.39, 0.29) is 0 Å². The summed E-state index contributed by atoms with van der Waals surface area (Å²) < 4.78 is 2.96. The van der Waals surface area contributed by atoms with Crippen molar-refractivity contribution in [2.24, 2.45) is 0 Å². The molecule has 0 aliphatic carbocycles. The lowest BCUT2D eigenvalue weighted by atomic mass is 10.2. The van der Waals surface area contributed by atoms with Crippen LogP contribution in [0, 0.1) is 0 Å². The molecule has 2 aromatic rings. The average molecular weight is 266 g/mol. The molecule has 2 rings (SSSR count). The third-order valence-corrected chi connectivity index (χ3v) is 2.73. The zero-order chi connectivity index (χ0) is 10.7.